The zero-order valence-corrected chi connectivity index (χ0v) is 26.8. The molecule has 0 saturated heterocycles. The molecule has 0 aromatic carbocycles. The summed E-state index contributed by atoms with van der Waals surface area (Å²) in [6.07, 6.45) is 37.6. The third kappa shape index (κ3) is 30.9. The molecule has 0 aliphatic carbocycles. The molecule has 0 bridgehead atoms. The van der Waals surface area contributed by atoms with Gasteiger partial charge in [0.1, 0.15) is 6.61 Å². The minimum Gasteiger partial charge on any atom is -0.462 e. The summed E-state index contributed by atoms with van der Waals surface area (Å²) in [7, 11) is 0. The van der Waals surface area contributed by atoms with Crippen molar-refractivity contribution in [2.24, 2.45) is 0 Å². The maximum Gasteiger partial charge on any atom is 0.306 e. The predicted molar refractivity (Wildman–Crippen MR) is 173 cm³/mol. The van der Waals surface area contributed by atoms with Crippen LogP contribution in [0, 0.1) is 0 Å². The molecule has 5 heteroatoms. The molecule has 0 rings (SSSR count). The lowest BCUT2D eigenvalue weighted by Crippen LogP contribution is -2.28. The van der Waals surface area contributed by atoms with Gasteiger partial charge in [0.25, 0.3) is 0 Å². The average molecular weight is 577 g/mol. The fourth-order valence-electron chi connectivity index (χ4n) is 4.63. The van der Waals surface area contributed by atoms with Crippen LogP contribution < -0.4 is 0 Å². The Morgan fingerprint density at radius 2 is 1.05 bits per heavy atom. The first-order valence-electron chi connectivity index (χ1n) is 17.0. The highest BCUT2D eigenvalue weighted by atomic mass is 16.6. The number of aliphatic hydroxyl groups excluding tert-OH is 1. The van der Waals surface area contributed by atoms with Gasteiger partial charge in [-0.25, -0.2) is 0 Å². The summed E-state index contributed by atoms with van der Waals surface area (Å²) in [5.74, 6) is -0.611. The quantitative estimate of drug-likeness (QED) is 0.0523. The molecule has 0 heterocycles. The number of esters is 2. The number of ether oxygens (including phenoxy) is 2. The second kappa shape index (κ2) is 32.6. The molecule has 0 amide bonds. The van der Waals surface area contributed by atoms with Crippen molar-refractivity contribution in [3.63, 3.8) is 0 Å². The highest BCUT2D eigenvalue weighted by Gasteiger charge is 2.16. The van der Waals surface area contributed by atoms with E-state index in [1.165, 1.54) is 70.6 Å². The van der Waals surface area contributed by atoms with Gasteiger partial charge in [0.2, 0.25) is 0 Å². The van der Waals surface area contributed by atoms with Crippen LogP contribution in [0.3, 0.4) is 0 Å². The topological polar surface area (TPSA) is 72.8 Å². The standard InChI is InChI=1S/C36H64O5/c1-3-5-7-9-11-13-15-17-18-19-21-22-24-26-28-30-35(38)40-33-34(32-37)41-36(39)31-29-27-25-23-20-16-14-12-10-8-6-4-2/h5,7,11,13,17-18,34,37H,3-4,6,8-10,12,14-16,19-33H2,1-2H3. The summed E-state index contributed by atoms with van der Waals surface area (Å²) in [4.78, 5) is 24.1. The maximum atomic E-state index is 12.1. The average Bonchev–Trinajstić information content (AvgIpc) is 2.97. The van der Waals surface area contributed by atoms with Gasteiger partial charge in [-0.05, 0) is 44.9 Å². The largest absolute Gasteiger partial charge is 0.462 e. The van der Waals surface area contributed by atoms with Crippen molar-refractivity contribution in [3.05, 3.63) is 36.5 Å². The Labute approximate surface area is 253 Å². The number of hydrogen-bond acceptors (Lipinski definition) is 5. The van der Waals surface area contributed by atoms with Gasteiger partial charge in [-0.2, -0.15) is 0 Å². The molecule has 0 spiro atoms. The predicted octanol–water partition coefficient (Wildman–Crippen LogP) is 10.1. The van der Waals surface area contributed by atoms with Crippen LogP contribution in [-0.2, 0) is 19.1 Å². The van der Waals surface area contributed by atoms with E-state index < -0.39 is 6.10 Å². The van der Waals surface area contributed by atoms with E-state index in [2.05, 4.69) is 50.3 Å². The number of rotatable bonds is 30. The second-order valence-electron chi connectivity index (χ2n) is 11.2. The van der Waals surface area contributed by atoms with Crippen molar-refractivity contribution in [1.82, 2.24) is 0 Å². The first-order chi connectivity index (χ1) is 20.1. The Bertz CT molecular complexity index is 667. The molecule has 1 atom stereocenters. The van der Waals surface area contributed by atoms with Crippen molar-refractivity contribution in [3.8, 4) is 0 Å². The molecular formula is C36H64O5. The lowest BCUT2D eigenvalue weighted by atomic mass is 10.0. The van der Waals surface area contributed by atoms with Gasteiger partial charge in [-0.1, -0.05) is 140 Å². The fourth-order valence-corrected chi connectivity index (χ4v) is 4.63. The molecule has 0 aliphatic rings. The number of hydrogen-bond donors (Lipinski definition) is 1. The van der Waals surface area contributed by atoms with E-state index >= 15 is 0 Å². The van der Waals surface area contributed by atoms with Crippen LogP contribution in [0.25, 0.3) is 0 Å². The molecule has 238 valence electrons. The molecule has 0 saturated carbocycles. The number of aliphatic hydroxyl groups is 1. The van der Waals surface area contributed by atoms with Gasteiger partial charge in [0.05, 0.1) is 6.61 Å². The first kappa shape index (κ1) is 39.1. The van der Waals surface area contributed by atoms with Crippen molar-refractivity contribution in [2.75, 3.05) is 13.2 Å². The smallest absolute Gasteiger partial charge is 0.306 e. The monoisotopic (exact) mass is 576 g/mol. The SMILES string of the molecule is CCC=CCC=CCC=CCCCCCCCC(=O)OCC(CO)OC(=O)CCCCCCCCCCCCCC. The Hall–Kier alpha value is -1.88. The molecule has 0 aromatic rings. The zero-order valence-electron chi connectivity index (χ0n) is 26.8. The lowest BCUT2D eigenvalue weighted by Gasteiger charge is -2.15. The van der Waals surface area contributed by atoms with E-state index in [0.29, 0.717) is 12.8 Å². The number of unbranched alkanes of at least 4 members (excludes halogenated alkanes) is 16. The molecular weight excluding hydrogens is 512 g/mol. The van der Waals surface area contributed by atoms with Crippen molar-refractivity contribution >= 4 is 11.9 Å². The minimum atomic E-state index is -0.773. The summed E-state index contributed by atoms with van der Waals surface area (Å²) in [6, 6.07) is 0. The van der Waals surface area contributed by atoms with E-state index in [1.807, 2.05) is 0 Å². The summed E-state index contributed by atoms with van der Waals surface area (Å²) in [6.45, 7) is 3.99. The normalized spacial score (nSPS) is 12.6. The molecule has 0 fully saturated rings. The fraction of sp³-hybridized carbons (Fsp3) is 0.778. The van der Waals surface area contributed by atoms with E-state index in [4.69, 9.17) is 9.47 Å². The third-order valence-corrected chi connectivity index (χ3v) is 7.20. The first-order valence-corrected chi connectivity index (χ1v) is 17.0. The number of allylic oxidation sites excluding steroid dienone is 6. The molecule has 1 N–H and O–H groups in total. The van der Waals surface area contributed by atoms with Crippen LogP contribution in [0.4, 0.5) is 0 Å². The van der Waals surface area contributed by atoms with Gasteiger partial charge in [0, 0.05) is 12.8 Å². The summed E-state index contributed by atoms with van der Waals surface area (Å²) >= 11 is 0. The minimum absolute atomic E-state index is 0.0729. The van der Waals surface area contributed by atoms with Crippen molar-refractivity contribution in [1.29, 1.82) is 0 Å². The third-order valence-electron chi connectivity index (χ3n) is 7.20. The zero-order chi connectivity index (χ0) is 30.1. The summed E-state index contributed by atoms with van der Waals surface area (Å²) in [5.41, 5.74) is 0. The lowest BCUT2D eigenvalue weighted by molar-refractivity contribution is -0.161. The molecule has 0 aromatic heterocycles. The van der Waals surface area contributed by atoms with Crippen molar-refractivity contribution < 1.29 is 24.2 Å². The molecule has 1 unspecified atom stereocenters. The van der Waals surface area contributed by atoms with Gasteiger partial charge in [-0.15, -0.1) is 0 Å². The maximum absolute atomic E-state index is 12.1. The van der Waals surface area contributed by atoms with E-state index in [0.717, 1.165) is 64.2 Å². The Balaban J connectivity index is 3.61. The second-order valence-corrected chi connectivity index (χ2v) is 11.2. The van der Waals surface area contributed by atoms with Gasteiger partial charge >= 0.3 is 11.9 Å². The van der Waals surface area contributed by atoms with Crippen LogP contribution in [-0.4, -0.2) is 36.4 Å². The van der Waals surface area contributed by atoms with Crippen LogP contribution >= 0.6 is 0 Å². The van der Waals surface area contributed by atoms with Gasteiger partial charge in [-0.3, -0.25) is 9.59 Å². The highest BCUT2D eigenvalue weighted by molar-refractivity contribution is 5.70. The van der Waals surface area contributed by atoms with Gasteiger partial charge < -0.3 is 14.6 Å². The van der Waals surface area contributed by atoms with Gasteiger partial charge in [0.15, 0.2) is 6.10 Å². The van der Waals surface area contributed by atoms with E-state index in [-0.39, 0.29) is 25.2 Å². The molecule has 41 heavy (non-hydrogen) atoms. The Morgan fingerprint density at radius 3 is 1.59 bits per heavy atom. The Kier molecular flexibility index (Phi) is 31.1. The van der Waals surface area contributed by atoms with Crippen molar-refractivity contribution in [2.45, 2.75) is 168 Å². The molecule has 0 radical (unpaired) electrons. The van der Waals surface area contributed by atoms with Crippen LogP contribution in [0.5, 0.6) is 0 Å². The summed E-state index contributed by atoms with van der Waals surface area (Å²) in [5, 5.41) is 9.50. The number of carbonyl (C=O) groups excluding carboxylic acids is 2. The highest BCUT2D eigenvalue weighted by Crippen LogP contribution is 2.13. The summed E-state index contributed by atoms with van der Waals surface area (Å²) < 4.78 is 10.5. The van der Waals surface area contributed by atoms with Crippen LogP contribution in [0.1, 0.15) is 162 Å². The molecule has 0 aliphatic heterocycles. The Morgan fingerprint density at radius 1 is 0.585 bits per heavy atom. The number of carbonyl (C=O) groups is 2. The van der Waals surface area contributed by atoms with E-state index in [9.17, 15) is 14.7 Å². The van der Waals surface area contributed by atoms with Crippen LogP contribution in [0.15, 0.2) is 36.5 Å². The van der Waals surface area contributed by atoms with Crippen LogP contribution in [0.2, 0.25) is 0 Å². The van der Waals surface area contributed by atoms with E-state index in [1.54, 1.807) is 0 Å². The molecule has 5 nitrogen and oxygen atoms in total.